The Hall–Kier alpha value is -1.65. The lowest BCUT2D eigenvalue weighted by molar-refractivity contribution is 0.466. The minimum atomic E-state index is 0.351. The van der Waals surface area contributed by atoms with Gasteiger partial charge in [-0.3, -0.25) is 0 Å². The molecule has 1 atom stereocenters. The quantitative estimate of drug-likeness (QED) is 0.879. The summed E-state index contributed by atoms with van der Waals surface area (Å²) in [4.78, 5) is 10.9. The van der Waals surface area contributed by atoms with Crippen LogP contribution in [0.3, 0.4) is 0 Å². The van der Waals surface area contributed by atoms with Crippen LogP contribution in [0.4, 0.5) is 5.95 Å². The minimum Gasteiger partial charge on any atom is -0.335 e. The number of aromatic nitrogens is 2. The van der Waals surface area contributed by atoms with E-state index < -0.39 is 0 Å². The Balaban J connectivity index is 1.80. The lowest BCUT2D eigenvalue weighted by Gasteiger charge is -2.36. The Morgan fingerprint density at radius 1 is 1.25 bits per heavy atom. The molecule has 2 heterocycles. The Labute approximate surface area is 123 Å². The molecule has 1 aromatic carbocycles. The predicted octanol–water partition coefficient (Wildman–Crippen LogP) is 2.15. The number of rotatable bonds is 3. The zero-order valence-corrected chi connectivity index (χ0v) is 11.9. The average Bonchev–Trinajstić information content (AvgIpc) is 2.49. The Morgan fingerprint density at radius 3 is 2.90 bits per heavy atom. The largest absolute Gasteiger partial charge is 0.335 e. The summed E-state index contributed by atoms with van der Waals surface area (Å²) >= 11 is 5.98. The Morgan fingerprint density at radius 2 is 2.10 bits per heavy atom. The van der Waals surface area contributed by atoms with Gasteiger partial charge in [0.25, 0.3) is 0 Å². The SMILES string of the molecule is Clc1ccnc(N2CCNCC2Cc2ccccc2)n1. The van der Waals surface area contributed by atoms with Crippen LogP contribution in [-0.4, -0.2) is 35.6 Å². The molecular formula is C15H17ClN4. The molecule has 0 amide bonds. The van der Waals surface area contributed by atoms with Gasteiger partial charge in [0.05, 0.1) is 0 Å². The van der Waals surface area contributed by atoms with Gasteiger partial charge >= 0.3 is 0 Å². The van der Waals surface area contributed by atoms with Crippen LogP contribution in [-0.2, 0) is 6.42 Å². The molecule has 1 aliphatic heterocycles. The van der Waals surface area contributed by atoms with Crippen LogP contribution >= 0.6 is 11.6 Å². The lowest BCUT2D eigenvalue weighted by Crippen LogP contribution is -2.53. The molecule has 1 aromatic heterocycles. The Bertz CT molecular complexity index is 561. The Kier molecular flexibility index (Phi) is 4.14. The maximum atomic E-state index is 5.98. The van der Waals surface area contributed by atoms with E-state index in [-0.39, 0.29) is 0 Å². The molecule has 20 heavy (non-hydrogen) atoms. The zero-order chi connectivity index (χ0) is 13.8. The van der Waals surface area contributed by atoms with E-state index in [1.807, 2.05) is 6.07 Å². The molecule has 1 aliphatic rings. The molecule has 1 saturated heterocycles. The van der Waals surface area contributed by atoms with E-state index in [0.29, 0.717) is 11.2 Å². The lowest BCUT2D eigenvalue weighted by atomic mass is 10.0. The second-order valence-electron chi connectivity index (χ2n) is 4.92. The maximum Gasteiger partial charge on any atom is 0.227 e. The summed E-state index contributed by atoms with van der Waals surface area (Å²) in [6.45, 7) is 2.78. The van der Waals surface area contributed by atoms with Crippen molar-refractivity contribution in [3.63, 3.8) is 0 Å². The fourth-order valence-corrected chi connectivity index (χ4v) is 2.69. The summed E-state index contributed by atoms with van der Waals surface area (Å²) in [5.74, 6) is 0.722. The van der Waals surface area contributed by atoms with E-state index in [2.05, 4.69) is 44.5 Å². The highest BCUT2D eigenvalue weighted by molar-refractivity contribution is 6.29. The van der Waals surface area contributed by atoms with Gasteiger partial charge in [-0.2, -0.15) is 0 Å². The number of nitrogens with one attached hydrogen (secondary N) is 1. The van der Waals surface area contributed by atoms with E-state index in [4.69, 9.17) is 11.6 Å². The number of halogens is 1. The van der Waals surface area contributed by atoms with Crippen molar-refractivity contribution < 1.29 is 0 Å². The minimum absolute atomic E-state index is 0.351. The number of piperazine rings is 1. The van der Waals surface area contributed by atoms with Crippen molar-refractivity contribution in [2.45, 2.75) is 12.5 Å². The first-order chi connectivity index (χ1) is 9.83. The molecule has 0 aliphatic carbocycles. The van der Waals surface area contributed by atoms with Crippen LogP contribution in [0.1, 0.15) is 5.56 Å². The van der Waals surface area contributed by atoms with Crippen LogP contribution in [0.5, 0.6) is 0 Å². The summed E-state index contributed by atoms with van der Waals surface area (Å²) in [5.41, 5.74) is 1.33. The van der Waals surface area contributed by atoms with Gasteiger partial charge in [0.15, 0.2) is 0 Å². The maximum absolute atomic E-state index is 5.98. The first kappa shape index (κ1) is 13.3. The normalized spacial score (nSPS) is 19.1. The van der Waals surface area contributed by atoms with Crippen molar-refractivity contribution >= 4 is 17.5 Å². The van der Waals surface area contributed by atoms with E-state index in [0.717, 1.165) is 32.0 Å². The zero-order valence-electron chi connectivity index (χ0n) is 11.2. The fraction of sp³-hybridized carbons (Fsp3) is 0.333. The fourth-order valence-electron chi connectivity index (χ4n) is 2.56. The average molecular weight is 289 g/mol. The molecule has 1 N–H and O–H groups in total. The van der Waals surface area contributed by atoms with Crippen LogP contribution in [0.15, 0.2) is 42.6 Å². The van der Waals surface area contributed by atoms with Gasteiger partial charge in [0.1, 0.15) is 5.15 Å². The van der Waals surface area contributed by atoms with E-state index in [1.165, 1.54) is 5.56 Å². The van der Waals surface area contributed by atoms with Gasteiger partial charge in [-0.1, -0.05) is 41.9 Å². The highest BCUT2D eigenvalue weighted by Gasteiger charge is 2.24. The number of hydrogen-bond donors (Lipinski definition) is 1. The number of benzene rings is 1. The van der Waals surface area contributed by atoms with Crippen molar-refractivity contribution in [3.8, 4) is 0 Å². The van der Waals surface area contributed by atoms with Gasteiger partial charge in [0.2, 0.25) is 5.95 Å². The predicted molar refractivity (Wildman–Crippen MR) is 81.2 cm³/mol. The summed E-state index contributed by atoms with van der Waals surface area (Å²) in [7, 11) is 0. The van der Waals surface area contributed by atoms with Crippen molar-refractivity contribution in [1.29, 1.82) is 0 Å². The molecule has 104 valence electrons. The van der Waals surface area contributed by atoms with E-state index in [1.54, 1.807) is 12.3 Å². The van der Waals surface area contributed by atoms with Gasteiger partial charge in [0, 0.05) is 31.9 Å². The van der Waals surface area contributed by atoms with Crippen molar-refractivity contribution in [2.75, 3.05) is 24.5 Å². The van der Waals surface area contributed by atoms with Crippen LogP contribution < -0.4 is 10.2 Å². The number of hydrogen-bond acceptors (Lipinski definition) is 4. The van der Waals surface area contributed by atoms with E-state index in [9.17, 15) is 0 Å². The summed E-state index contributed by atoms with van der Waals surface area (Å²) in [5, 5.41) is 3.93. The molecule has 5 heteroatoms. The molecule has 0 spiro atoms. The van der Waals surface area contributed by atoms with Crippen molar-refractivity contribution in [1.82, 2.24) is 15.3 Å². The molecule has 0 saturated carbocycles. The molecular weight excluding hydrogens is 272 g/mol. The molecule has 0 radical (unpaired) electrons. The molecule has 1 unspecified atom stereocenters. The molecule has 1 fully saturated rings. The molecule has 3 rings (SSSR count). The first-order valence-electron chi connectivity index (χ1n) is 6.83. The van der Waals surface area contributed by atoms with Crippen molar-refractivity contribution in [2.24, 2.45) is 0 Å². The van der Waals surface area contributed by atoms with E-state index >= 15 is 0 Å². The summed E-state index contributed by atoms with van der Waals surface area (Å²) in [6.07, 6.45) is 2.69. The smallest absolute Gasteiger partial charge is 0.227 e. The highest BCUT2D eigenvalue weighted by atomic mass is 35.5. The molecule has 0 bridgehead atoms. The third-order valence-electron chi connectivity index (χ3n) is 3.53. The van der Waals surface area contributed by atoms with Crippen molar-refractivity contribution in [3.05, 3.63) is 53.3 Å². The summed E-state index contributed by atoms with van der Waals surface area (Å²) in [6, 6.07) is 12.6. The molecule has 2 aromatic rings. The van der Waals surface area contributed by atoms with Crippen LogP contribution in [0.2, 0.25) is 5.15 Å². The second kappa shape index (κ2) is 6.20. The second-order valence-corrected chi connectivity index (χ2v) is 5.31. The highest BCUT2D eigenvalue weighted by Crippen LogP contribution is 2.18. The third kappa shape index (κ3) is 3.08. The van der Waals surface area contributed by atoms with Crippen LogP contribution in [0, 0.1) is 0 Å². The van der Waals surface area contributed by atoms with Gasteiger partial charge in [-0.25, -0.2) is 9.97 Å². The third-order valence-corrected chi connectivity index (χ3v) is 3.74. The number of anilines is 1. The monoisotopic (exact) mass is 288 g/mol. The molecule has 4 nitrogen and oxygen atoms in total. The van der Waals surface area contributed by atoms with Gasteiger partial charge < -0.3 is 10.2 Å². The van der Waals surface area contributed by atoms with Gasteiger partial charge in [-0.15, -0.1) is 0 Å². The van der Waals surface area contributed by atoms with Crippen LogP contribution in [0.25, 0.3) is 0 Å². The topological polar surface area (TPSA) is 41.1 Å². The van der Waals surface area contributed by atoms with Gasteiger partial charge in [-0.05, 0) is 18.1 Å². The summed E-state index contributed by atoms with van der Waals surface area (Å²) < 4.78 is 0. The standard InChI is InChI=1S/C15H17ClN4/c16-14-6-7-18-15(19-14)20-9-8-17-11-13(20)10-12-4-2-1-3-5-12/h1-7,13,17H,8-11H2. The number of nitrogens with zero attached hydrogens (tertiary/aromatic N) is 3. The first-order valence-corrected chi connectivity index (χ1v) is 7.20.